The minimum absolute atomic E-state index is 0.0136. The molecule has 0 unspecified atom stereocenters. The maximum absolute atomic E-state index is 12.0. The molecule has 1 aliphatic heterocycles. The number of ether oxygens (including phenoxy) is 1. The van der Waals surface area contributed by atoms with Gasteiger partial charge in [-0.3, -0.25) is 14.2 Å². The van der Waals surface area contributed by atoms with Gasteiger partial charge in [0.15, 0.2) is 11.5 Å². The molecule has 0 fully saturated rings. The third kappa shape index (κ3) is 1.65. The predicted octanol–water partition coefficient (Wildman–Crippen LogP) is 1.43. The molecule has 2 heterocycles. The van der Waals surface area contributed by atoms with Gasteiger partial charge in [-0.2, -0.15) is 0 Å². The van der Waals surface area contributed by atoms with Crippen molar-refractivity contribution in [3.8, 4) is 5.69 Å². The van der Waals surface area contributed by atoms with E-state index in [-0.39, 0.29) is 18.1 Å². The first-order valence-electron chi connectivity index (χ1n) is 6.08. The van der Waals surface area contributed by atoms with Crippen molar-refractivity contribution in [2.24, 2.45) is 0 Å². The first-order valence-corrected chi connectivity index (χ1v) is 6.08. The second-order valence-corrected chi connectivity index (χ2v) is 4.22. The molecular formula is C14H10N2O4. The van der Waals surface area contributed by atoms with Crippen LogP contribution in [0.4, 0.5) is 0 Å². The van der Waals surface area contributed by atoms with Gasteiger partial charge >= 0.3 is 5.97 Å². The lowest BCUT2D eigenvalue weighted by atomic mass is 10.0. The Balaban J connectivity index is 2.18. The Labute approximate surface area is 114 Å². The lowest BCUT2D eigenvalue weighted by Gasteiger charge is -2.15. The van der Waals surface area contributed by atoms with Crippen LogP contribution in [0.2, 0.25) is 0 Å². The number of fused-ring (bicyclic) bond motifs is 3. The molecule has 20 heavy (non-hydrogen) atoms. The number of hydrogen-bond acceptors (Lipinski definition) is 5. The summed E-state index contributed by atoms with van der Waals surface area (Å²) in [6.45, 7) is 1.89. The Kier molecular flexibility index (Phi) is 2.71. The van der Waals surface area contributed by atoms with Gasteiger partial charge in [0.05, 0.1) is 17.9 Å². The van der Waals surface area contributed by atoms with E-state index in [2.05, 4.69) is 4.98 Å². The molecule has 0 aliphatic carbocycles. The van der Waals surface area contributed by atoms with Crippen molar-refractivity contribution in [3.05, 3.63) is 47.5 Å². The average Bonchev–Trinajstić information content (AvgIpc) is 2.90. The summed E-state index contributed by atoms with van der Waals surface area (Å²) in [5.74, 6) is -2.02. The van der Waals surface area contributed by atoms with Crippen LogP contribution in [0.1, 0.15) is 38.4 Å². The molecule has 6 heteroatoms. The maximum atomic E-state index is 12.0. The summed E-state index contributed by atoms with van der Waals surface area (Å²) < 4.78 is 6.29. The smallest absolute Gasteiger partial charge is 0.358 e. The number of carbonyl (C=O) groups excluding carboxylic acids is 3. The highest BCUT2D eigenvalue weighted by atomic mass is 16.5. The van der Waals surface area contributed by atoms with Crippen LogP contribution in [0.25, 0.3) is 5.69 Å². The molecule has 2 aromatic rings. The number of ketones is 2. The van der Waals surface area contributed by atoms with Crippen molar-refractivity contribution in [1.82, 2.24) is 9.55 Å². The largest absolute Gasteiger partial charge is 0.461 e. The molecule has 0 bridgehead atoms. The molecule has 0 amide bonds. The molecule has 0 radical (unpaired) electrons. The number of para-hydroxylation sites is 1. The van der Waals surface area contributed by atoms with Gasteiger partial charge in [0.1, 0.15) is 0 Å². The predicted molar refractivity (Wildman–Crippen MR) is 68.2 cm³/mol. The molecule has 0 atom stereocenters. The van der Waals surface area contributed by atoms with Gasteiger partial charge in [0.25, 0.3) is 5.78 Å². The van der Waals surface area contributed by atoms with Crippen LogP contribution in [0.15, 0.2) is 30.5 Å². The number of benzene rings is 1. The Bertz CT molecular complexity index is 745. The second kappa shape index (κ2) is 4.41. The molecule has 0 spiro atoms. The fourth-order valence-corrected chi connectivity index (χ4v) is 2.13. The van der Waals surface area contributed by atoms with Crippen LogP contribution in [0, 0.1) is 0 Å². The number of nitrogens with zero attached hydrogens (tertiary/aromatic N) is 2. The number of aromatic nitrogens is 2. The zero-order valence-electron chi connectivity index (χ0n) is 10.6. The summed E-state index contributed by atoms with van der Waals surface area (Å²) >= 11 is 0. The van der Waals surface area contributed by atoms with Crippen molar-refractivity contribution >= 4 is 17.5 Å². The standard InChI is InChI=1S/C14H10N2O4/c1-2-20-14(19)9-7-16-10-6-4-3-5-8(10)11(17)12(18)13(16)15-9/h3-7H,2H2,1H3. The highest BCUT2D eigenvalue weighted by Gasteiger charge is 2.33. The van der Waals surface area contributed by atoms with Gasteiger partial charge in [0, 0.05) is 6.20 Å². The van der Waals surface area contributed by atoms with Gasteiger partial charge < -0.3 is 4.74 Å². The highest BCUT2D eigenvalue weighted by Crippen LogP contribution is 2.24. The van der Waals surface area contributed by atoms with E-state index >= 15 is 0 Å². The van der Waals surface area contributed by atoms with E-state index in [0.717, 1.165) is 0 Å². The molecule has 0 saturated carbocycles. The Morgan fingerprint density at radius 3 is 2.75 bits per heavy atom. The lowest BCUT2D eigenvalue weighted by Crippen LogP contribution is -2.25. The molecule has 1 aliphatic rings. The molecule has 1 aromatic heterocycles. The summed E-state index contributed by atoms with van der Waals surface area (Å²) in [7, 11) is 0. The summed E-state index contributed by atoms with van der Waals surface area (Å²) in [6.07, 6.45) is 1.41. The van der Waals surface area contributed by atoms with Gasteiger partial charge in [-0.05, 0) is 19.1 Å². The molecule has 6 nitrogen and oxygen atoms in total. The first kappa shape index (κ1) is 12.3. The minimum atomic E-state index is -0.723. The van der Waals surface area contributed by atoms with E-state index in [0.29, 0.717) is 11.3 Å². The van der Waals surface area contributed by atoms with E-state index in [9.17, 15) is 14.4 Å². The van der Waals surface area contributed by atoms with Crippen LogP contribution in [-0.4, -0.2) is 33.7 Å². The number of rotatable bonds is 2. The van der Waals surface area contributed by atoms with Crippen LogP contribution >= 0.6 is 0 Å². The van der Waals surface area contributed by atoms with Crippen LogP contribution in [0.5, 0.6) is 0 Å². The van der Waals surface area contributed by atoms with Crippen LogP contribution in [0.3, 0.4) is 0 Å². The fraction of sp³-hybridized carbons (Fsp3) is 0.143. The normalized spacial score (nSPS) is 12.8. The molecule has 3 rings (SSSR count). The summed E-state index contributed by atoms with van der Waals surface area (Å²) in [4.78, 5) is 39.5. The number of imidazole rings is 1. The van der Waals surface area contributed by atoms with Gasteiger partial charge in [-0.25, -0.2) is 9.78 Å². The van der Waals surface area contributed by atoms with E-state index in [1.165, 1.54) is 10.8 Å². The number of esters is 1. The van der Waals surface area contributed by atoms with Crippen molar-refractivity contribution in [2.45, 2.75) is 6.92 Å². The lowest BCUT2D eigenvalue weighted by molar-refractivity contribution is 0.0520. The maximum Gasteiger partial charge on any atom is 0.358 e. The average molecular weight is 270 g/mol. The first-order chi connectivity index (χ1) is 9.63. The van der Waals surface area contributed by atoms with Crippen molar-refractivity contribution in [1.29, 1.82) is 0 Å². The minimum Gasteiger partial charge on any atom is -0.461 e. The van der Waals surface area contributed by atoms with E-state index in [4.69, 9.17) is 4.74 Å². The summed E-state index contributed by atoms with van der Waals surface area (Å²) in [6, 6.07) is 6.69. The second-order valence-electron chi connectivity index (χ2n) is 4.22. The van der Waals surface area contributed by atoms with Crippen molar-refractivity contribution in [2.75, 3.05) is 6.61 Å². The van der Waals surface area contributed by atoms with Gasteiger partial charge in [0.2, 0.25) is 5.78 Å². The topological polar surface area (TPSA) is 78.3 Å². The van der Waals surface area contributed by atoms with Gasteiger partial charge in [-0.15, -0.1) is 0 Å². The van der Waals surface area contributed by atoms with E-state index < -0.39 is 17.5 Å². The summed E-state index contributed by atoms with van der Waals surface area (Å²) in [5.41, 5.74) is 0.854. The Morgan fingerprint density at radius 1 is 1.25 bits per heavy atom. The van der Waals surface area contributed by atoms with E-state index in [1.54, 1.807) is 31.2 Å². The van der Waals surface area contributed by atoms with Crippen molar-refractivity contribution in [3.63, 3.8) is 0 Å². The fourth-order valence-electron chi connectivity index (χ4n) is 2.13. The number of hydrogen-bond donors (Lipinski definition) is 0. The van der Waals surface area contributed by atoms with Crippen LogP contribution < -0.4 is 0 Å². The van der Waals surface area contributed by atoms with Crippen LogP contribution in [-0.2, 0) is 4.74 Å². The van der Waals surface area contributed by atoms with E-state index in [1.807, 2.05) is 0 Å². The molecule has 1 aromatic carbocycles. The zero-order valence-corrected chi connectivity index (χ0v) is 10.6. The van der Waals surface area contributed by atoms with Crippen molar-refractivity contribution < 1.29 is 19.1 Å². The monoisotopic (exact) mass is 270 g/mol. The molecule has 0 saturated heterocycles. The quantitative estimate of drug-likeness (QED) is 0.609. The van der Waals surface area contributed by atoms with Gasteiger partial charge in [-0.1, -0.05) is 12.1 Å². The molecule has 100 valence electrons. The highest BCUT2D eigenvalue weighted by molar-refractivity contribution is 6.50. The summed E-state index contributed by atoms with van der Waals surface area (Å²) in [5, 5.41) is 0. The number of carbonyl (C=O) groups is 3. The zero-order chi connectivity index (χ0) is 14.3. The third-order valence-electron chi connectivity index (χ3n) is 3.01. The Hall–Kier alpha value is -2.76. The molecular weight excluding hydrogens is 260 g/mol. The molecule has 0 N–H and O–H groups in total. The SMILES string of the molecule is CCOC(=O)c1cn2c(n1)C(=O)C(=O)c1ccccc1-2. The Morgan fingerprint density at radius 2 is 2.00 bits per heavy atom. The third-order valence-corrected chi connectivity index (χ3v) is 3.01. The number of Topliss-reactive ketones (excluding diaryl/α,β-unsaturated/α-hetero) is 2.